The first-order chi connectivity index (χ1) is 14.3. The third-order valence-electron chi connectivity index (χ3n) is 4.98. The van der Waals surface area contributed by atoms with E-state index in [0.29, 0.717) is 16.8 Å². The van der Waals surface area contributed by atoms with Crippen molar-refractivity contribution in [1.29, 1.82) is 0 Å². The highest BCUT2D eigenvalue weighted by Crippen LogP contribution is 2.36. The van der Waals surface area contributed by atoms with Crippen LogP contribution in [0.1, 0.15) is 15.9 Å². The van der Waals surface area contributed by atoms with Crippen molar-refractivity contribution in [2.45, 2.75) is 16.7 Å². The Balaban J connectivity index is 1.79. The number of imidazole rings is 1. The van der Waals surface area contributed by atoms with E-state index in [0.717, 1.165) is 20.9 Å². The number of rotatable bonds is 4. The van der Waals surface area contributed by atoms with E-state index >= 15 is 0 Å². The zero-order chi connectivity index (χ0) is 21.4. The van der Waals surface area contributed by atoms with Gasteiger partial charge in [0.15, 0.2) is 0 Å². The molecule has 0 saturated carbocycles. The second-order valence-electron chi connectivity index (χ2n) is 7.11. The smallest absolute Gasteiger partial charge is 0.321 e. The molecule has 4 aromatic rings. The molecule has 3 aromatic carbocycles. The van der Waals surface area contributed by atoms with Crippen LogP contribution < -0.4 is 11.0 Å². The average molecular weight is 421 g/mol. The number of amides is 1. The Morgan fingerprint density at radius 3 is 2.17 bits per heavy atom. The van der Waals surface area contributed by atoms with Crippen molar-refractivity contribution in [2.75, 3.05) is 5.32 Å². The van der Waals surface area contributed by atoms with Gasteiger partial charge in [-0.1, -0.05) is 29.5 Å². The maximum absolute atomic E-state index is 13.2. The van der Waals surface area contributed by atoms with Crippen molar-refractivity contribution in [3.05, 3.63) is 88.1 Å². The van der Waals surface area contributed by atoms with E-state index in [2.05, 4.69) is 5.32 Å². The summed E-state index contributed by atoms with van der Waals surface area (Å²) >= 11 is 1.50. The van der Waals surface area contributed by atoms with Crippen molar-refractivity contribution in [3.8, 4) is 0 Å². The normalized spacial score (nSPS) is 11.1. The molecule has 7 heteroatoms. The molecule has 1 amide bonds. The molecule has 0 fully saturated rings. The SMILES string of the molecule is Cc1ccc(Sc2cc3c(cc2NC(=O)c2ccc(F)cc2)n(C)c(=O)n3C)cc1. The van der Waals surface area contributed by atoms with E-state index in [1.54, 1.807) is 29.3 Å². The molecule has 0 aliphatic rings. The van der Waals surface area contributed by atoms with Crippen LogP contribution in [0.15, 0.2) is 75.2 Å². The van der Waals surface area contributed by atoms with Gasteiger partial charge < -0.3 is 5.32 Å². The Bertz CT molecular complexity index is 1310. The summed E-state index contributed by atoms with van der Waals surface area (Å²) in [7, 11) is 3.42. The van der Waals surface area contributed by atoms with Gasteiger partial charge in [-0.05, 0) is 55.5 Å². The number of carbonyl (C=O) groups excluding carboxylic acids is 1. The topological polar surface area (TPSA) is 56.0 Å². The highest BCUT2D eigenvalue weighted by molar-refractivity contribution is 7.99. The lowest BCUT2D eigenvalue weighted by molar-refractivity contribution is 0.102. The van der Waals surface area contributed by atoms with Crippen LogP contribution in [0.4, 0.5) is 10.1 Å². The second kappa shape index (κ2) is 7.84. The van der Waals surface area contributed by atoms with Crippen LogP contribution in [0.5, 0.6) is 0 Å². The number of aromatic nitrogens is 2. The predicted molar refractivity (Wildman–Crippen MR) is 118 cm³/mol. The molecule has 0 unspecified atom stereocenters. The molecule has 152 valence electrons. The van der Waals surface area contributed by atoms with Gasteiger partial charge in [-0.3, -0.25) is 13.9 Å². The first kappa shape index (κ1) is 20.0. The summed E-state index contributed by atoms with van der Waals surface area (Å²) in [6, 6.07) is 17.2. The second-order valence-corrected chi connectivity index (χ2v) is 8.23. The van der Waals surface area contributed by atoms with Gasteiger partial charge in [0.1, 0.15) is 5.82 Å². The molecule has 5 nitrogen and oxygen atoms in total. The van der Waals surface area contributed by atoms with Gasteiger partial charge in [0.05, 0.1) is 16.7 Å². The number of aryl methyl sites for hydroxylation is 3. The zero-order valence-electron chi connectivity index (χ0n) is 16.8. The van der Waals surface area contributed by atoms with Crippen LogP contribution in [0.25, 0.3) is 11.0 Å². The fourth-order valence-electron chi connectivity index (χ4n) is 3.24. The number of nitrogens with one attached hydrogen (secondary N) is 1. The quantitative estimate of drug-likeness (QED) is 0.518. The van der Waals surface area contributed by atoms with Crippen LogP contribution >= 0.6 is 11.8 Å². The van der Waals surface area contributed by atoms with Gasteiger partial charge >= 0.3 is 5.69 Å². The summed E-state index contributed by atoms with van der Waals surface area (Å²) in [4.78, 5) is 27.0. The molecule has 0 radical (unpaired) electrons. The van der Waals surface area contributed by atoms with Gasteiger partial charge in [-0.2, -0.15) is 0 Å². The van der Waals surface area contributed by atoms with Crippen molar-refractivity contribution < 1.29 is 9.18 Å². The lowest BCUT2D eigenvalue weighted by atomic mass is 10.2. The summed E-state index contributed by atoms with van der Waals surface area (Å²) in [5.74, 6) is -0.746. The van der Waals surface area contributed by atoms with Crippen LogP contribution in [0.2, 0.25) is 0 Å². The van der Waals surface area contributed by atoms with E-state index in [9.17, 15) is 14.0 Å². The van der Waals surface area contributed by atoms with E-state index < -0.39 is 5.82 Å². The van der Waals surface area contributed by atoms with Crippen molar-refractivity contribution in [2.24, 2.45) is 14.1 Å². The molecule has 4 rings (SSSR count). The third-order valence-corrected chi connectivity index (χ3v) is 6.04. The average Bonchev–Trinajstić information content (AvgIpc) is 2.94. The molecule has 1 aromatic heterocycles. The lowest BCUT2D eigenvalue weighted by Gasteiger charge is -2.13. The molecule has 1 heterocycles. The Hall–Kier alpha value is -3.32. The van der Waals surface area contributed by atoms with Crippen LogP contribution in [-0.4, -0.2) is 15.0 Å². The standard InChI is InChI=1S/C23H20FN3O2S/c1-14-4-10-17(11-5-14)30-21-13-20-19(26(2)23(29)27(20)3)12-18(21)25-22(28)15-6-8-16(24)9-7-15/h4-13H,1-3H3,(H,25,28). The Morgan fingerprint density at radius 2 is 1.53 bits per heavy atom. The fraction of sp³-hybridized carbons (Fsp3) is 0.130. The highest BCUT2D eigenvalue weighted by Gasteiger charge is 2.16. The van der Waals surface area contributed by atoms with E-state index in [4.69, 9.17) is 0 Å². The van der Waals surface area contributed by atoms with Crippen LogP contribution in [0.3, 0.4) is 0 Å². The minimum absolute atomic E-state index is 0.140. The number of carbonyl (C=O) groups is 1. The summed E-state index contributed by atoms with van der Waals surface area (Å²) in [6.45, 7) is 2.02. The van der Waals surface area contributed by atoms with Gasteiger partial charge in [0.25, 0.3) is 5.91 Å². The Kier molecular flexibility index (Phi) is 5.22. The fourth-order valence-corrected chi connectivity index (χ4v) is 4.15. The monoisotopic (exact) mass is 421 g/mol. The Labute approximate surface area is 177 Å². The summed E-state index contributed by atoms with van der Waals surface area (Å²) in [5, 5.41) is 2.92. The van der Waals surface area contributed by atoms with Crippen molar-refractivity contribution in [3.63, 3.8) is 0 Å². The molecule has 0 spiro atoms. The maximum atomic E-state index is 13.2. The molecule has 0 saturated heterocycles. The minimum Gasteiger partial charge on any atom is -0.321 e. The summed E-state index contributed by atoms with van der Waals surface area (Å²) < 4.78 is 16.3. The number of nitrogens with zero attached hydrogens (tertiary/aromatic N) is 2. The molecule has 30 heavy (non-hydrogen) atoms. The van der Waals surface area contributed by atoms with Crippen molar-refractivity contribution in [1.82, 2.24) is 9.13 Å². The third kappa shape index (κ3) is 3.76. The summed E-state index contributed by atoms with van der Waals surface area (Å²) in [6.07, 6.45) is 0. The largest absolute Gasteiger partial charge is 0.328 e. The van der Waals surface area contributed by atoms with Crippen LogP contribution in [-0.2, 0) is 14.1 Å². The maximum Gasteiger partial charge on any atom is 0.328 e. The number of hydrogen-bond donors (Lipinski definition) is 1. The van der Waals surface area contributed by atoms with E-state index in [-0.39, 0.29) is 11.6 Å². The molecule has 0 atom stereocenters. The van der Waals surface area contributed by atoms with Gasteiger partial charge in [-0.15, -0.1) is 0 Å². The number of benzene rings is 3. The molecule has 0 aliphatic heterocycles. The number of hydrogen-bond acceptors (Lipinski definition) is 3. The molecule has 0 aliphatic carbocycles. The lowest BCUT2D eigenvalue weighted by Crippen LogP contribution is -2.19. The van der Waals surface area contributed by atoms with Crippen LogP contribution in [0, 0.1) is 12.7 Å². The minimum atomic E-state index is -0.400. The molecular weight excluding hydrogens is 401 g/mol. The molecule has 0 bridgehead atoms. The first-order valence-corrected chi connectivity index (χ1v) is 10.2. The highest BCUT2D eigenvalue weighted by atomic mass is 32.2. The first-order valence-electron chi connectivity index (χ1n) is 9.34. The number of halogens is 1. The van der Waals surface area contributed by atoms with Gasteiger partial charge in [0.2, 0.25) is 0 Å². The van der Waals surface area contributed by atoms with E-state index in [1.807, 2.05) is 37.3 Å². The van der Waals surface area contributed by atoms with Crippen molar-refractivity contribution >= 4 is 34.4 Å². The Morgan fingerprint density at radius 1 is 0.933 bits per heavy atom. The molecular formula is C23H20FN3O2S. The van der Waals surface area contributed by atoms with Gasteiger partial charge in [0, 0.05) is 29.4 Å². The predicted octanol–water partition coefficient (Wildman–Crippen LogP) is 4.73. The van der Waals surface area contributed by atoms with Gasteiger partial charge in [-0.25, -0.2) is 9.18 Å². The molecule has 1 N–H and O–H groups in total. The zero-order valence-corrected chi connectivity index (χ0v) is 17.6. The summed E-state index contributed by atoms with van der Waals surface area (Å²) in [5.41, 5.74) is 3.44. The van der Waals surface area contributed by atoms with E-state index in [1.165, 1.54) is 36.0 Å². The number of anilines is 1. The number of fused-ring (bicyclic) bond motifs is 1.